The number of hydrogen-bond acceptors (Lipinski definition) is 3. The van der Waals surface area contributed by atoms with Gasteiger partial charge in [-0.05, 0) is 12.1 Å². The van der Waals surface area contributed by atoms with Gasteiger partial charge in [0, 0.05) is 18.9 Å². The summed E-state index contributed by atoms with van der Waals surface area (Å²) in [6.45, 7) is 0. The summed E-state index contributed by atoms with van der Waals surface area (Å²) < 4.78 is 5.68. The van der Waals surface area contributed by atoms with E-state index >= 15 is 0 Å². The third kappa shape index (κ3) is 2.05. The molecule has 0 heterocycles. The van der Waals surface area contributed by atoms with Gasteiger partial charge in [0.05, 0.1) is 6.10 Å². The summed E-state index contributed by atoms with van der Waals surface area (Å²) >= 11 is 0. The molecule has 1 fully saturated rings. The summed E-state index contributed by atoms with van der Waals surface area (Å²) in [6, 6.07) is 9.50. The lowest BCUT2D eigenvalue weighted by Gasteiger charge is -2.12. The number of aliphatic hydroxyl groups is 1. The first-order valence-corrected chi connectivity index (χ1v) is 4.91. The SMILES string of the molecule is N[C@H]1C[C@@H](Oc2ccccc2)C[C@@H]1O. The molecule has 0 amide bonds. The molecule has 3 atom stereocenters. The Morgan fingerprint density at radius 1 is 1.21 bits per heavy atom. The van der Waals surface area contributed by atoms with E-state index in [1.165, 1.54) is 0 Å². The monoisotopic (exact) mass is 193 g/mol. The zero-order valence-corrected chi connectivity index (χ0v) is 7.97. The number of hydrogen-bond donors (Lipinski definition) is 2. The van der Waals surface area contributed by atoms with Gasteiger partial charge in [-0.1, -0.05) is 18.2 Å². The zero-order chi connectivity index (χ0) is 9.97. The first-order valence-electron chi connectivity index (χ1n) is 4.91. The normalized spacial score (nSPS) is 31.7. The Labute approximate surface area is 83.5 Å². The van der Waals surface area contributed by atoms with E-state index in [1.807, 2.05) is 30.3 Å². The second-order valence-electron chi connectivity index (χ2n) is 3.76. The van der Waals surface area contributed by atoms with Crippen LogP contribution in [0.15, 0.2) is 30.3 Å². The van der Waals surface area contributed by atoms with E-state index in [1.54, 1.807) is 0 Å². The molecule has 14 heavy (non-hydrogen) atoms. The van der Waals surface area contributed by atoms with Crippen molar-refractivity contribution in [1.82, 2.24) is 0 Å². The Balaban J connectivity index is 1.94. The molecule has 0 unspecified atom stereocenters. The zero-order valence-electron chi connectivity index (χ0n) is 7.97. The van der Waals surface area contributed by atoms with Crippen molar-refractivity contribution in [2.45, 2.75) is 31.1 Å². The van der Waals surface area contributed by atoms with Gasteiger partial charge < -0.3 is 15.6 Å². The van der Waals surface area contributed by atoms with Crippen molar-refractivity contribution in [3.05, 3.63) is 30.3 Å². The highest BCUT2D eigenvalue weighted by Crippen LogP contribution is 2.23. The Morgan fingerprint density at radius 3 is 2.50 bits per heavy atom. The van der Waals surface area contributed by atoms with Crippen molar-refractivity contribution in [3.63, 3.8) is 0 Å². The molecule has 0 bridgehead atoms. The Kier molecular flexibility index (Phi) is 2.70. The van der Waals surface area contributed by atoms with Gasteiger partial charge in [-0.25, -0.2) is 0 Å². The quantitative estimate of drug-likeness (QED) is 0.734. The maximum absolute atomic E-state index is 9.44. The third-order valence-corrected chi connectivity index (χ3v) is 2.58. The summed E-state index contributed by atoms with van der Waals surface area (Å²) in [5.41, 5.74) is 5.69. The predicted octanol–water partition coefficient (Wildman–Crippen LogP) is 0.916. The molecule has 1 aliphatic rings. The highest BCUT2D eigenvalue weighted by molar-refractivity contribution is 5.21. The van der Waals surface area contributed by atoms with Gasteiger partial charge in [0.25, 0.3) is 0 Å². The predicted molar refractivity (Wildman–Crippen MR) is 54.1 cm³/mol. The van der Waals surface area contributed by atoms with Crippen LogP contribution in [0.3, 0.4) is 0 Å². The molecule has 3 heteroatoms. The fraction of sp³-hybridized carbons (Fsp3) is 0.455. The summed E-state index contributed by atoms with van der Waals surface area (Å²) in [6.07, 6.45) is 1.01. The highest BCUT2D eigenvalue weighted by atomic mass is 16.5. The van der Waals surface area contributed by atoms with Crippen molar-refractivity contribution < 1.29 is 9.84 Å². The summed E-state index contributed by atoms with van der Waals surface area (Å²) in [5.74, 6) is 0.846. The van der Waals surface area contributed by atoms with Crippen LogP contribution in [0, 0.1) is 0 Å². The fourth-order valence-electron chi connectivity index (χ4n) is 1.79. The summed E-state index contributed by atoms with van der Waals surface area (Å²) in [4.78, 5) is 0. The second-order valence-corrected chi connectivity index (χ2v) is 3.76. The van der Waals surface area contributed by atoms with Gasteiger partial charge in [-0.15, -0.1) is 0 Å². The first kappa shape index (κ1) is 9.49. The van der Waals surface area contributed by atoms with Crippen molar-refractivity contribution in [2.24, 2.45) is 5.73 Å². The molecule has 76 valence electrons. The third-order valence-electron chi connectivity index (χ3n) is 2.58. The Morgan fingerprint density at radius 2 is 1.93 bits per heavy atom. The van der Waals surface area contributed by atoms with Crippen LogP contribution in [0.5, 0.6) is 5.75 Å². The Bertz CT molecular complexity index is 279. The number of benzene rings is 1. The minimum absolute atomic E-state index is 0.0578. The lowest BCUT2D eigenvalue weighted by molar-refractivity contribution is 0.143. The van der Waals surface area contributed by atoms with E-state index in [4.69, 9.17) is 10.5 Å². The number of aliphatic hydroxyl groups excluding tert-OH is 1. The maximum atomic E-state index is 9.44. The van der Waals surface area contributed by atoms with Crippen LogP contribution in [0.4, 0.5) is 0 Å². The molecular weight excluding hydrogens is 178 g/mol. The van der Waals surface area contributed by atoms with Crippen LogP contribution >= 0.6 is 0 Å². The van der Waals surface area contributed by atoms with E-state index in [9.17, 15) is 5.11 Å². The van der Waals surface area contributed by atoms with E-state index in [-0.39, 0.29) is 12.1 Å². The lowest BCUT2D eigenvalue weighted by Crippen LogP contribution is -2.28. The van der Waals surface area contributed by atoms with Crippen LogP contribution in [-0.4, -0.2) is 23.4 Å². The van der Waals surface area contributed by atoms with E-state index in [2.05, 4.69) is 0 Å². The van der Waals surface area contributed by atoms with Crippen LogP contribution in [0.25, 0.3) is 0 Å². The molecule has 0 radical (unpaired) electrons. The van der Waals surface area contributed by atoms with Crippen molar-refractivity contribution in [3.8, 4) is 5.75 Å². The molecule has 3 N–H and O–H groups in total. The van der Waals surface area contributed by atoms with E-state index < -0.39 is 6.10 Å². The molecule has 1 aromatic rings. The number of para-hydroxylation sites is 1. The minimum Gasteiger partial charge on any atom is -0.490 e. The smallest absolute Gasteiger partial charge is 0.119 e. The second kappa shape index (κ2) is 3.98. The number of ether oxygens (including phenoxy) is 1. The average Bonchev–Trinajstić information content (AvgIpc) is 2.47. The number of nitrogens with two attached hydrogens (primary N) is 1. The van der Waals surface area contributed by atoms with E-state index in [0.29, 0.717) is 6.42 Å². The molecular formula is C11H15NO2. The van der Waals surface area contributed by atoms with Gasteiger partial charge in [0.15, 0.2) is 0 Å². The van der Waals surface area contributed by atoms with Gasteiger partial charge in [-0.3, -0.25) is 0 Å². The average molecular weight is 193 g/mol. The van der Waals surface area contributed by atoms with Crippen LogP contribution in [0.2, 0.25) is 0 Å². The van der Waals surface area contributed by atoms with Crippen LogP contribution in [-0.2, 0) is 0 Å². The van der Waals surface area contributed by atoms with Gasteiger partial charge in [-0.2, -0.15) is 0 Å². The molecule has 1 aliphatic carbocycles. The van der Waals surface area contributed by atoms with Gasteiger partial charge >= 0.3 is 0 Å². The molecule has 0 saturated heterocycles. The summed E-state index contributed by atoms with van der Waals surface area (Å²) in [5, 5.41) is 9.44. The molecule has 0 spiro atoms. The Hall–Kier alpha value is -1.06. The molecule has 3 nitrogen and oxygen atoms in total. The topological polar surface area (TPSA) is 55.5 Å². The van der Waals surface area contributed by atoms with Crippen LogP contribution in [0.1, 0.15) is 12.8 Å². The summed E-state index contributed by atoms with van der Waals surface area (Å²) in [7, 11) is 0. The van der Waals surface area contributed by atoms with E-state index in [0.717, 1.165) is 12.2 Å². The number of rotatable bonds is 2. The van der Waals surface area contributed by atoms with Gasteiger partial charge in [0.2, 0.25) is 0 Å². The first-order chi connectivity index (χ1) is 6.75. The molecule has 1 saturated carbocycles. The lowest BCUT2D eigenvalue weighted by atomic mass is 10.2. The van der Waals surface area contributed by atoms with Crippen molar-refractivity contribution >= 4 is 0 Å². The molecule has 1 aromatic carbocycles. The standard InChI is InChI=1S/C11H15NO2/c12-10-6-9(7-11(10)13)14-8-4-2-1-3-5-8/h1-5,9-11,13H,6-7,12H2/t9-,10+,11+/m1/s1. The molecule has 0 aliphatic heterocycles. The molecule has 2 rings (SSSR count). The largest absolute Gasteiger partial charge is 0.490 e. The molecule has 0 aromatic heterocycles. The maximum Gasteiger partial charge on any atom is 0.119 e. The van der Waals surface area contributed by atoms with Gasteiger partial charge in [0.1, 0.15) is 11.9 Å². The minimum atomic E-state index is -0.413. The fourth-order valence-corrected chi connectivity index (χ4v) is 1.79. The van der Waals surface area contributed by atoms with Crippen molar-refractivity contribution in [2.75, 3.05) is 0 Å². The van der Waals surface area contributed by atoms with Crippen LogP contribution < -0.4 is 10.5 Å². The highest BCUT2D eigenvalue weighted by Gasteiger charge is 2.31. The van der Waals surface area contributed by atoms with Crippen molar-refractivity contribution in [1.29, 1.82) is 0 Å².